The van der Waals surface area contributed by atoms with Crippen LogP contribution in [0, 0.1) is 5.92 Å². The first-order chi connectivity index (χ1) is 16.9. The van der Waals surface area contributed by atoms with Crippen LogP contribution in [0.1, 0.15) is 18.5 Å². The molecule has 3 atom stereocenters. The molecule has 8 nitrogen and oxygen atoms in total. The van der Waals surface area contributed by atoms with E-state index in [1.54, 1.807) is 41.5 Å². The highest BCUT2D eigenvalue weighted by Gasteiger charge is 2.60. The minimum Gasteiger partial charge on any atom is -0.503 e. The van der Waals surface area contributed by atoms with E-state index in [2.05, 4.69) is 15.9 Å². The maximum atomic E-state index is 13.8. The number of aromatic hydroxyl groups is 1. The Kier molecular flexibility index (Phi) is 6.12. The van der Waals surface area contributed by atoms with Gasteiger partial charge in [0.25, 0.3) is 5.91 Å². The molecule has 180 valence electrons. The number of carbonyl (C=O) groups is 2. The van der Waals surface area contributed by atoms with Crippen molar-refractivity contribution in [1.29, 1.82) is 0 Å². The van der Waals surface area contributed by atoms with Crippen molar-refractivity contribution >= 4 is 39.1 Å². The number of para-hydroxylation sites is 1. The standard InChI is InChI=1S/C26H23BrN2O6/c1-3-34-18-11-7-10-17(14-18)28-25(31)21-22(15-12-19(27)23(30)20(13-15)33-2)29(35-24(21)26(28)32)16-8-5-4-6-9-16/h4-14,21-22,24,30H,3H2,1-2H3/t21-,22-,24-/m1/s1. The van der Waals surface area contributed by atoms with Crippen molar-refractivity contribution in [2.45, 2.75) is 19.1 Å². The van der Waals surface area contributed by atoms with Crippen LogP contribution in [0.15, 0.2) is 71.2 Å². The number of imide groups is 1. The summed E-state index contributed by atoms with van der Waals surface area (Å²) in [5.41, 5.74) is 1.77. The van der Waals surface area contributed by atoms with Gasteiger partial charge in [0.15, 0.2) is 17.6 Å². The van der Waals surface area contributed by atoms with Crippen molar-refractivity contribution in [3.05, 3.63) is 76.8 Å². The number of phenolic OH excluding ortho intramolecular Hbond substituents is 1. The molecule has 0 aliphatic carbocycles. The van der Waals surface area contributed by atoms with Crippen LogP contribution in [-0.4, -0.2) is 36.7 Å². The third-order valence-corrected chi connectivity index (χ3v) is 6.73. The monoisotopic (exact) mass is 538 g/mol. The van der Waals surface area contributed by atoms with Gasteiger partial charge in [0.1, 0.15) is 11.7 Å². The number of fused-ring (bicyclic) bond motifs is 1. The molecule has 9 heteroatoms. The molecular weight excluding hydrogens is 516 g/mol. The van der Waals surface area contributed by atoms with Gasteiger partial charge in [-0.15, -0.1) is 0 Å². The van der Waals surface area contributed by atoms with E-state index in [1.165, 1.54) is 12.0 Å². The number of benzene rings is 3. The summed E-state index contributed by atoms with van der Waals surface area (Å²) in [6, 6.07) is 18.9. The second-order valence-corrected chi connectivity index (χ2v) is 9.01. The maximum Gasteiger partial charge on any atom is 0.266 e. The molecule has 35 heavy (non-hydrogen) atoms. The number of rotatable bonds is 6. The largest absolute Gasteiger partial charge is 0.503 e. The van der Waals surface area contributed by atoms with Crippen LogP contribution in [-0.2, 0) is 14.4 Å². The lowest BCUT2D eigenvalue weighted by atomic mass is 9.90. The minimum atomic E-state index is -1.01. The minimum absolute atomic E-state index is 0.0545. The molecule has 5 rings (SSSR count). The molecule has 0 saturated carbocycles. The fraction of sp³-hybridized carbons (Fsp3) is 0.231. The number of methoxy groups -OCH3 is 1. The predicted octanol–water partition coefficient (Wildman–Crippen LogP) is 4.61. The van der Waals surface area contributed by atoms with E-state index in [4.69, 9.17) is 14.3 Å². The number of hydroxylamine groups is 1. The van der Waals surface area contributed by atoms with E-state index in [0.29, 0.717) is 33.8 Å². The summed E-state index contributed by atoms with van der Waals surface area (Å²) in [5.74, 6) is -0.884. The molecular formula is C26H23BrN2O6. The number of amides is 2. The third-order valence-electron chi connectivity index (χ3n) is 6.13. The van der Waals surface area contributed by atoms with Crippen LogP contribution >= 0.6 is 15.9 Å². The first kappa shape index (κ1) is 23.2. The summed E-state index contributed by atoms with van der Waals surface area (Å²) >= 11 is 3.37. The van der Waals surface area contributed by atoms with E-state index in [0.717, 1.165) is 0 Å². The molecule has 2 fully saturated rings. The molecule has 0 spiro atoms. The van der Waals surface area contributed by atoms with E-state index < -0.39 is 24.0 Å². The van der Waals surface area contributed by atoms with Crippen LogP contribution in [0.3, 0.4) is 0 Å². The molecule has 0 aromatic heterocycles. The smallest absolute Gasteiger partial charge is 0.266 e. The van der Waals surface area contributed by atoms with Crippen molar-refractivity contribution in [1.82, 2.24) is 0 Å². The van der Waals surface area contributed by atoms with Crippen LogP contribution in [0.25, 0.3) is 0 Å². The summed E-state index contributed by atoms with van der Waals surface area (Å²) in [6.45, 7) is 2.33. The Morgan fingerprint density at radius 3 is 2.46 bits per heavy atom. The van der Waals surface area contributed by atoms with E-state index in [9.17, 15) is 14.7 Å². The number of phenols is 1. The molecule has 3 aromatic rings. The van der Waals surface area contributed by atoms with Crippen molar-refractivity contribution in [2.24, 2.45) is 5.92 Å². The molecule has 0 unspecified atom stereocenters. The average Bonchev–Trinajstić information content (AvgIpc) is 3.37. The van der Waals surface area contributed by atoms with E-state index in [1.807, 2.05) is 37.3 Å². The highest BCUT2D eigenvalue weighted by atomic mass is 79.9. The van der Waals surface area contributed by atoms with Gasteiger partial charge in [0, 0.05) is 6.07 Å². The van der Waals surface area contributed by atoms with Crippen LogP contribution in [0.5, 0.6) is 17.2 Å². The lowest BCUT2D eigenvalue weighted by molar-refractivity contribution is -0.126. The van der Waals surface area contributed by atoms with Crippen molar-refractivity contribution < 1.29 is 29.0 Å². The average molecular weight is 539 g/mol. The van der Waals surface area contributed by atoms with Crippen LogP contribution < -0.4 is 19.4 Å². The zero-order valence-corrected chi connectivity index (χ0v) is 20.6. The van der Waals surface area contributed by atoms with Gasteiger partial charge in [-0.1, -0.05) is 24.3 Å². The topological polar surface area (TPSA) is 88.5 Å². The molecule has 2 amide bonds. The van der Waals surface area contributed by atoms with Gasteiger partial charge >= 0.3 is 0 Å². The first-order valence-electron chi connectivity index (χ1n) is 11.1. The van der Waals surface area contributed by atoms with Gasteiger partial charge in [0.05, 0.1) is 35.6 Å². The lowest BCUT2D eigenvalue weighted by Gasteiger charge is -2.29. The van der Waals surface area contributed by atoms with E-state index in [-0.39, 0.29) is 17.4 Å². The maximum absolute atomic E-state index is 13.8. The van der Waals surface area contributed by atoms with Crippen molar-refractivity contribution in [2.75, 3.05) is 23.7 Å². The summed E-state index contributed by atoms with van der Waals surface area (Å²) in [6.07, 6.45) is -1.01. The number of halogens is 1. The van der Waals surface area contributed by atoms with Crippen molar-refractivity contribution in [3.63, 3.8) is 0 Å². The number of ether oxygens (including phenoxy) is 2. The summed E-state index contributed by atoms with van der Waals surface area (Å²) in [5, 5.41) is 11.9. The SMILES string of the molecule is CCOc1cccc(N2C(=O)[C@@H]3[C@@H](c4cc(Br)c(O)c(OC)c4)N(c4ccccc4)O[C@H]3C2=O)c1. The molecule has 1 N–H and O–H groups in total. The third kappa shape index (κ3) is 3.90. The lowest BCUT2D eigenvalue weighted by Crippen LogP contribution is -2.37. The first-order valence-corrected chi connectivity index (χ1v) is 11.9. The van der Waals surface area contributed by atoms with E-state index >= 15 is 0 Å². The van der Waals surface area contributed by atoms with Gasteiger partial charge in [-0.2, -0.15) is 0 Å². The quantitative estimate of drug-likeness (QED) is 0.458. The van der Waals surface area contributed by atoms with Crippen molar-refractivity contribution in [3.8, 4) is 17.2 Å². The highest BCUT2D eigenvalue weighted by Crippen LogP contribution is 2.49. The summed E-state index contributed by atoms with van der Waals surface area (Å²) < 4.78 is 11.3. The number of carbonyl (C=O) groups excluding carboxylic acids is 2. The fourth-order valence-electron chi connectivity index (χ4n) is 4.61. The van der Waals surface area contributed by atoms with Crippen LogP contribution in [0.4, 0.5) is 11.4 Å². The number of hydrogen-bond acceptors (Lipinski definition) is 7. The second kappa shape index (κ2) is 9.24. The Bertz CT molecular complexity index is 1280. The number of nitrogens with zero attached hydrogens (tertiary/aromatic N) is 2. The van der Waals surface area contributed by atoms with Gasteiger partial charge in [0.2, 0.25) is 5.91 Å². The van der Waals surface area contributed by atoms with Gasteiger partial charge in [-0.05, 0) is 64.8 Å². The summed E-state index contributed by atoms with van der Waals surface area (Å²) in [7, 11) is 1.45. The Hall–Kier alpha value is -3.56. The van der Waals surface area contributed by atoms with Crippen LogP contribution in [0.2, 0.25) is 0 Å². The molecule has 2 aliphatic rings. The highest BCUT2D eigenvalue weighted by molar-refractivity contribution is 9.10. The molecule has 2 heterocycles. The zero-order chi connectivity index (χ0) is 24.7. The number of anilines is 2. The Labute approximate surface area is 210 Å². The number of hydrogen-bond donors (Lipinski definition) is 1. The summed E-state index contributed by atoms with van der Waals surface area (Å²) in [4.78, 5) is 34.6. The Balaban J connectivity index is 1.60. The van der Waals surface area contributed by atoms with Gasteiger partial charge in [-0.25, -0.2) is 9.96 Å². The zero-order valence-electron chi connectivity index (χ0n) is 19.1. The molecule has 2 aliphatic heterocycles. The fourth-order valence-corrected chi connectivity index (χ4v) is 5.07. The predicted molar refractivity (Wildman–Crippen MR) is 132 cm³/mol. The van der Waals surface area contributed by atoms with Gasteiger partial charge < -0.3 is 14.6 Å². The molecule has 0 bridgehead atoms. The molecule has 3 aromatic carbocycles. The second-order valence-electron chi connectivity index (χ2n) is 8.15. The van der Waals surface area contributed by atoms with Gasteiger partial charge in [-0.3, -0.25) is 14.4 Å². The Morgan fingerprint density at radius 2 is 1.74 bits per heavy atom. The Morgan fingerprint density at radius 1 is 1.00 bits per heavy atom. The molecule has 2 saturated heterocycles. The normalized spacial score (nSPS) is 21.4. The molecule has 0 radical (unpaired) electrons.